The number of hydrogen-bond donors (Lipinski definition) is 1. The molecule has 0 saturated carbocycles. The van der Waals surface area contributed by atoms with Crippen LogP contribution in [0.4, 0.5) is 0 Å². The summed E-state index contributed by atoms with van der Waals surface area (Å²) in [4.78, 5) is 29.6. The Morgan fingerprint density at radius 2 is 2.15 bits per heavy atom. The van der Waals surface area contributed by atoms with Crippen LogP contribution in [0.15, 0.2) is 18.3 Å². The fourth-order valence-corrected chi connectivity index (χ4v) is 2.83. The maximum atomic E-state index is 12.2. The van der Waals surface area contributed by atoms with Crippen molar-refractivity contribution in [2.24, 2.45) is 5.92 Å². The Kier molecular flexibility index (Phi) is 4.06. The first-order valence-corrected chi connectivity index (χ1v) is 6.88. The van der Waals surface area contributed by atoms with Crippen LogP contribution in [0.2, 0.25) is 0 Å². The van der Waals surface area contributed by atoms with E-state index in [4.69, 9.17) is 0 Å². The number of pyridine rings is 1. The van der Waals surface area contributed by atoms with E-state index < -0.39 is 17.9 Å². The van der Waals surface area contributed by atoms with Gasteiger partial charge in [-0.3, -0.25) is 14.6 Å². The highest BCUT2D eigenvalue weighted by molar-refractivity contribution is 5.82. The molecule has 2 heterocycles. The van der Waals surface area contributed by atoms with E-state index in [0.717, 1.165) is 11.3 Å². The first-order chi connectivity index (χ1) is 9.41. The quantitative estimate of drug-likeness (QED) is 0.918. The lowest BCUT2D eigenvalue weighted by Crippen LogP contribution is -2.48. The number of amides is 1. The van der Waals surface area contributed by atoms with Crippen LogP contribution in [0.5, 0.6) is 0 Å². The molecule has 1 fully saturated rings. The van der Waals surface area contributed by atoms with Crippen LogP contribution < -0.4 is 0 Å². The molecular formula is C15H20N2O3. The summed E-state index contributed by atoms with van der Waals surface area (Å²) in [7, 11) is 0. The molecule has 2 unspecified atom stereocenters. The van der Waals surface area contributed by atoms with E-state index >= 15 is 0 Å². The van der Waals surface area contributed by atoms with Gasteiger partial charge in [-0.2, -0.15) is 0 Å². The summed E-state index contributed by atoms with van der Waals surface area (Å²) in [6.45, 7) is 5.71. The second-order valence-electron chi connectivity index (χ2n) is 5.56. The summed E-state index contributed by atoms with van der Waals surface area (Å²) >= 11 is 0. The van der Waals surface area contributed by atoms with Gasteiger partial charge in [0.15, 0.2) is 0 Å². The topological polar surface area (TPSA) is 70.5 Å². The Morgan fingerprint density at radius 1 is 1.45 bits per heavy atom. The molecule has 1 amide bonds. The van der Waals surface area contributed by atoms with Crippen LogP contribution in [0, 0.1) is 12.8 Å². The Labute approximate surface area is 118 Å². The zero-order chi connectivity index (χ0) is 14.9. The second-order valence-corrected chi connectivity index (χ2v) is 5.56. The molecule has 2 atom stereocenters. The molecule has 5 nitrogen and oxygen atoms in total. The second kappa shape index (κ2) is 5.61. The minimum absolute atomic E-state index is 0.0167. The van der Waals surface area contributed by atoms with Gasteiger partial charge in [0.1, 0.15) is 0 Å². The summed E-state index contributed by atoms with van der Waals surface area (Å²) in [5, 5.41) is 9.45. The largest absolute Gasteiger partial charge is 0.481 e. The molecule has 0 spiro atoms. The van der Waals surface area contributed by atoms with Crippen LogP contribution >= 0.6 is 0 Å². The van der Waals surface area contributed by atoms with Crippen LogP contribution in [0.1, 0.15) is 44.0 Å². The van der Waals surface area contributed by atoms with Crippen LogP contribution in [0.3, 0.4) is 0 Å². The molecule has 2 rings (SSSR count). The number of nitrogens with zero attached hydrogens (tertiary/aromatic N) is 2. The lowest BCUT2D eigenvalue weighted by molar-refractivity contribution is -0.153. The summed E-state index contributed by atoms with van der Waals surface area (Å²) in [6, 6.07) is 3.26. The number of aryl methyl sites for hydroxylation is 1. The lowest BCUT2D eigenvalue weighted by atomic mass is 9.84. The molecule has 5 heteroatoms. The number of likely N-dealkylation sites (tertiary alicyclic amines) is 1. The third kappa shape index (κ3) is 2.66. The first kappa shape index (κ1) is 14.5. The number of aromatic nitrogens is 1. The van der Waals surface area contributed by atoms with Crippen molar-refractivity contribution in [3.05, 3.63) is 29.6 Å². The summed E-state index contributed by atoms with van der Waals surface area (Å²) in [5.41, 5.74) is 1.67. The zero-order valence-electron chi connectivity index (χ0n) is 12.0. The Balaban J connectivity index is 2.45. The van der Waals surface area contributed by atoms with Gasteiger partial charge in [0.05, 0.1) is 12.0 Å². The van der Waals surface area contributed by atoms with Gasteiger partial charge in [-0.1, -0.05) is 6.07 Å². The molecule has 0 aliphatic carbocycles. The van der Waals surface area contributed by atoms with Gasteiger partial charge in [0.2, 0.25) is 5.91 Å². The molecule has 1 aliphatic heterocycles. The number of carboxylic acids is 1. The van der Waals surface area contributed by atoms with Gasteiger partial charge in [0, 0.05) is 24.4 Å². The molecule has 1 saturated heterocycles. The molecule has 1 N–H and O–H groups in total. The third-order valence-corrected chi connectivity index (χ3v) is 3.79. The summed E-state index contributed by atoms with van der Waals surface area (Å²) in [6.07, 6.45) is 2.37. The maximum Gasteiger partial charge on any atom is 0.308 e. The normalized spacial score (nSPS) is 23.2. The molecule has 1 aliphatic rings. The highest BCUT2D eigenvalue weighted by Crippen LogP contribution is 2.37. The van der Waals surface area contributed by atoms with E-state index in [1.807, 2.05) is 32.9 Å². The third-order valence-electron chi connectivity index (χ3n) is 3.79. The molecule has 108 valence electrons. The van der Waals surface area contributed by atoms with Crippen LogP contribution in [0.25, 0.3) is 0 Å². The Bertz CT molecular complexity index is 510. The Hall–Kier alpha value is -1.91. The minimum atomic E-state index is -0.853. The van der Waals surface area contributed by atoms with Gasteiger partial charge >= 0.3 is 5.97 Å². The van der Waals surface area contributed by atoms with Crippen molar-refractivity contribution in [1.29, 1.82) is 0 Å². The number of hydrogen-bond acceptors (Lipinski definition) is 3. The van der Waals surface area contributed by atoms with Gasteiger partial charge in [-0.25, -0.2) is 0 Å². The van der Waals surface area contributed by atoms with Gasteiger partial charge in [0.25, 0.3) is 0 Å². The molecule has 0 bridgehead atoms. The van der Waals surface area contributed by atoms with Crippen LogP contribution in [-0.2, 0) is 9.59 Å². The molecule has 1 aromatic heterocycles. The SMILES string of the molecule is Cc1ccc(C2C(C(=O)O)CCC(=O)N2C(C)C)cn1. The van der Waals surface area contributed by atoms with Gasteiger partial charge < -0.3 is 10.0 Å². The molecule has 0 aromatic carbocycles. The van der Waals surface area contributed by atoms with Crippen molar-refractivity contribution in [2.45, 2.75) is 45.7 Å². The number of rotatable bonds is 3. The van der Waals surface area contributed by atoms with Crippen molar-refractivity contribution in [1.82, 2.24) is 9.88 Å². The van der Waals surface area contributed by atoms with Crippen molar-refractivity contribution in [3.8, 4) is 0 Å². The minimum Gasteiger partial charge on any atom is -0.481 e. The van der Waals surface area contributed by atoms with Crippen molar-refractivity contribution in [3.63, 3.8) is 0 Å². The average Bonchev–Trinajstić information content (AvgIpc) is 2.38. The number of piperidine rings is 1. The number of carbonyl (C=O) groups is 2. The number of aliphatic carboxylic acids is 1. The molecule has 1 aromatic rings. The molecule has 0 radical (unpaired) electrons. The lowest BCUT2D eigenvalue weighted by Gasteiger charge is -2.42. The average molecular weight is 276 g/mol. The molecule has 20 heavy (non-hydrogen) atoms. The summed E-state index contributed by atoms with van der Waals surface area (Å²) in [5.74, 6) is -1.41. The standard InChI is InChI=1S/C15H20N2O3/c1-9(2)17-13(18)7-6-12(15(19)20)14(17)11-5-4-10(3)16-8-11/h4-5,8-9,12,14H,6-7H2,1-3H3,(H,19,20). The van der Waals surface area contributed by atoms with Crippen molar-refractivity contribution < 1.29 is 14.7 Å². The highest BCUT2D eigenvalue weighted by atomic mass is 16.4. The van der Waals surface area contributed by atoms with Crippen LogP contribution in [-0.4, -0.2) is 32.9 Å². The number of carbonyl (C=O) groups excluding carboxylic acids is 1. The zero-order valence-corrected chi connectivity index (χ0v) is 12.0. The van der Waals surface area contributed by atoms with Crippen molar-refractivity contribution >= 4 is 11.9 Å². The van der Waals surface area contributed by atoms with E-state index in [2.05, 4.69) is 4.98 Å². The first-order valence-electron chi connectivity index (χ1n) is 6.88. The fraction of sp³-hybridized carbons (Fsp3) is 0.533. The Morgan fingerprint density at radius 3 is 2.65 bits per heavy atom. The predicted molar refractivity (Wildman–Crippen MR) is 74.1 cm³/mol. The highest BCUT2D eigenvalue weighted by Gasteiger charge is 2.41. The van der Waals surface area contributed by atoms with E-state index in [9.17, 15) is 14.7 Å². The molecular weight excluding hydrogens is 256 g/mol. The monoisotopic (exact) mass is 276 g/mol. The maximum absolute atomic E-state index is 12.2. The number of carboxylic acid groups (broad SMARTS) is 1. The smallest absolute Gasteiger partial charge is 0.308 e. The fourth-order valence-electron chi connectivity index (χ4n) is 2.83. The van der Waals surface area contributed by atoms with Gasteiger partial charge in [-0.05, 0) is 38.8 Å². The van der Waals surface area contributed by atoms with Crippen molar-refractivity contribution in [2.75, 3.05) is 0 Å². The van der Waals surface area contributed by atoms with E-state index in [0.29, 0.717) is 12.8 Å². The summed E-state index contributed by atoms with van der Waals surface area (Å²) < 4.78 is 0. The predicted octanol–water partition coefficient (Wildman–Crippen LogP) is 2.16. The van der Waals surface area contributed by atoms with E-state index in [1.165, 1.54) is 0 Å². The van der Waals surface area contributed by atoms with Gasteiger partial charge in [-0.15, -0.1) is 0 Å². The van der Waals surface area contributed by atoms with E-state index in [-0.39, 0.29) is 11.9 Å². The van der Waals surface area contributed by atoms with E-state index in [1.54, 1.807) is 11.1 Å².